The molecule has 0 spiro atoms. The largest absolute Gasteiger partial charge is 0.493 e. The minimum absolute atomic E-state index is 0.0279. The number of rotatable bonds is 7. The van der Waals surface area contributed by atoms with Gasteiger partial charge in [-0.3, -0.25) is 4.79 Å². The Balaban J connectivity index is 1.64. The average molecular weight is 426 g/mol. The molecule has 0 aliphatic heterocycles. The lowest BCUT2D eigenvalue weighted by atomic mass is 10.1. The quantitative estimate of drug-likeness (QED) is 0.541. The van der Waals surface area contributed by atoms with Gasteiger partial charge >= 0.3 is 0 Å². The van der Waals surface area contributed by atoms with Crippen LogP contribution in [0.5, 0.6) is 11.5 Å². The number of aromatic nitrogens is 2. The molecule has 6 nitrogen and oxygen atoms in total. The number of hydrogen-bond donors (Lipinski definition) is 0. The minimum atomic E-state index is 0.0279. The van der Waals surface area contributed by atoms with Gasteiger partial charge in [-0.25, -0.2) is 9.97 Å². The van der Waals surface area contributed by atoms with E-state index in [0.717, 1.165) is 50.6 Å². The number of amides is 1. The highest BCUT2D eigenvalue weighted by Crippen LogP contribution is 2.40. The monoisotopic (exact) mass is 425 g/mol. The summed E-state index contributed by atoms with van der Waals surface area (Å²) in [5.41, 5.74) is 2.94. The van der Waals surface area contributed by atoms with Crippen molar-refractivity contribution >= 4 is 27.5 Å². The van der Waals surface area contributed by atoms with E-state index in [-0.39, 0.29) is 5.91 Å². The first kappa shape index (κ1) is 20.6. The summed E-state index contributed by atoms with van der Waals surface area (Å²) in [6, 6.07) is 5.76. The molecule has 2 heterocycles. The maximum atomic E-state index is 13.4. The second-order valence-electron chi connectivity index (χ2n) is 7.69. The van der Waals surface area contributed by atoms with E-state index in [1.54, 1.807) is 14.2 Å². The standard InChI is InChI=1S/C23H27N3O3S/c1-6-26(12-15-7-10-17(28-4)18(11-15)29-5)23(27)20-13(2)19-14(3)24-21(16-8-9-16)25-22(19)30-20/h7,10-11,16H,6,8-9,12H2,1-5H3. The van der Waals surface area contributed by atoms with Crippen molar-refractivity contribution in [2.45, 2.75) is 46.1 Å². The Hall–Kier alpha value is -2.67. The third-order valence-electron chi connectivity index (χ3n) is 5.62. The third-order valence-corrected chi connectivity index (χ3v) is 6.79. The van der Waals surface area contributed by atoms with Gasteiger partial charge in [0.1, 0.15) is 10.7 Å². The Morgan fingerprint density at radius 1 is 1.17 bits per heavy atom. The summed E-state index contributed by atoms with van der Waals surface area (Å²) >= 11 is 1.49. The van der Waals surface area contributed by atoms with E-state index in [0.29, 0.717) is 30.5 Å². The van der Waals surface area contributed by atoms with Crippen LogP contribution in [-0.4, -0.2) is 41.5 Å². The lowest BCUT2D eigenvalue weighted by Gasteiger charge is -2.21. The predicted molar refractivity (Wildman–Crippen MR) is 119 cm³/mol. The number of carbonyl (C=O) groups excluding carboxylic acids is 1. The highest BCUT2D eigenvalue weighted by atomic mass is 32.1. The van der Waals surface area contributed by atoms with Crippen molar-refractivity contribution < 1.29 is 14.3 Å². The third kappa shape index (κ3) is 3.74. The van der Waals surface area contributed by atoms with Crippen molar-refractivity contribution in [2.75, 3.05) is 20.8 Å². The van der Waals surface area contributed by atoms with Gasteiger partial charge < -0.3 is 14.4 Å². The van der Waals surface area contributed by atoms with Crippen LogP contribution in [0.15, 0.2) is 18.2 Å². The minimum Gasteiger partial charge on any atom is -0.493 e. The van der Waals surface area contributed by atoms with Gasteiger partial charge in [0.2, 0.25) is 0 Å². The van der Waals surface area contributed by atoms with E-state index in [1.165, 1.54) is 11.3 Å². The van der Waals surface area contributed by atoms with Crippen LogP contribution in [0.2, 0.25) is 0 Å². The van der Waals surface area contributed by atoms with Crippen LogP contribution >= 0.6 is 11.3 Å². The smallest absolute Gasteiger partial charge is 0.264 e. The molecule has 1 amide bonds. The first-order valence-electron chi connectivity index (χ1n) is 10.2. The SMILES string of the molecule is CCN(Cc1ccc(OC)c(OC)c1)C(=O)c1sc2nc(C3CC3)nc(C)c2c1C. The van der Waals surface area contributed by atoms with E-state index < -0.39 is 0 Å². The molecule has 4 rings (SSSR count). The molecule has 2 aromatic heterocycles. The fourth-order valence-electron chi connectivity index (χ4n) is 3.76. The molecule has 0 atom stereocenters. The van der Waals surface area contributed by atoms with Gasteiger partial charge in [-0.1, -0.05) is 6.07 Å². The number of thiophene rings is 1. The second kappa shape index (κ2) is 8.22. The van der Waals surface area contributed by atoms with E-state index in [1.807, 2.05) is 43.9 Å². The lowest BCUT2D eigenvalue weighted by molar-refractivity contribution is 0.0757. The molecule has 30 heavy (non-hydrogen) atoms. The Morgan fingerprint density at radius 2 is 1.90 bits per heavy atom. The molecular weight excluding hydrogens is 398 g/mol. The van der Waals surface area contributed by atoms with Crippen molar-refractivity contribution in [2.24, 2.45) is 0 Å². The average Bonchev–Trinajstić information content (AvgIpc) is 3.55. The summed E-state index contributed by atoms with van der Waals surface area (Å²) in [6.07, 6.45) is 2.33. The summed E-state index contributed by atoms with van der Waals surface area (Å²) in [6.45, 7) is 7.13. The van der Waals surface area contributed by atoms with Gasteiger partial charge in [-0.2, -0.15) is 0 Å². The molecule has 0 bridgehead atoms. The number of hydrogen-bond acceptors (Lipinski definition) is 6. The maximum absolute atomic E-state index is 13.4. The number of ether oxygens (including phenoxy) is 2. The van der Waals surface area contributed by atoms with Gasteiger partial charge in [-0.05, 0) is 56.9 Å². The highest BCUT2D eigenvalue weighted by molar-refractivity contribution is 7.20. The molecule has 0 N–H and O–H groups in total. The Labute approximate surface area is 180 Å². The molecule has 1 aliphatic carbocycles. The first-order valence-corrected chi connectivity index (χ1v) is 11.1. The van der Waals surface area contributed by atoms with Crippen molar-refractivity contribution in [3.8, 4) is 11.5 Å². The number of benzene rings is 1. The molecule has 3 aromatic rings. The zero-order chi connectivity index (χ0) is 21.4. The zero-order valence-electron chi connectivity index (χ0n) is 18.1. The van der Waals surface area contributed by atoms with Crippen LogP contribution < -0.4 is 9.47 Å². The summed E-state index contributed by atoms with van der Waals surface area (Å²) < 4.78 is 10.7. The Morgan fingerprint density at radius 3 is 2.53 bits per heavy atom. The highest BCUT2D eigenvalue weighted by Gasteiger charge is 2.29. The van der Waals surface area contributed by atoms with Gasteiger partial charge in [0.25, 0.3) is 5.91 Å². The van der Waals surface area contributed by atoms with Crippen LogP contribution in [0.25, 0.3) is 10.2 Å². The summed E-state index contributed by atoms with van der Waals surface area (Å²) in [4.78, 5) is 26.4. The van der Waals surface area contributed by atoms with Gasteiger partial charge in [0.15, 0.2) is 11.5 Å². The summed E-state index contributed by atoms with van der Waals surface area (Å²) in [7, 11) is 3.23. The van der Waals surface area contributed by atoms with Crippen molar-refractivity contribution in [3.63, 3.8) is 0 Å². The van der Waals surface area contributed by atoms with Crippen LogP contribution in [-0.2, 0) is 6.54 Å². The van der Waals surface area contributed by atoms with E-state index >= 15 is 0 Å². The fourth-order valence-corrected chi connectivity index (χ4v) is 4.97. The van der Waals surface area contributed by atoms with Crippen LogP contribution in [0, 0.1) is 13.8 Å². The summed E-state index contributed by atoms with van der Waals surface area (Å²) in [5.74, 6) is 2.79. The molecule has 1 aliphatic rings. The molecule has 0 unspecified atom stereocenters. The Bertz CT molecular complexity index is 1100. The molecule has 7 heteroatoms. The molecule has 1 aromatic carbocycles. The van der Waals surface area contributed by atoms with Crippen molar-refractivity contribution in [1.29, 1.82) is 0 Å². The number of carbonyl (C=O) groups is 1. The number of methoxy groups -OCH3 is 2. The van der Waals surface area contributed by atoms with Gasteiger partial charge in [0.05, 0.1) is 24.8 Å². The van der Waals surface area contributed by atoms with E-state index in [9.17, 15) is 4.79 Å². The molecule has 1 saturated carbocycles. The van der Waals surface area contributed by atoms with Crippen molar-refractivity contribution in [3.05, 3.63) is 45.7 Å². The maximum Gasteiger partial charge on any atom is 0.264 e. The van der Waals surface area contributed by atoms with E-state index in [2.05, 4.69) is 0 Å². The molecule has 0 saturated heterocycles. The number of nitrogens with zero attached hydrogens (tertiary/aromatic N) is 3. The second-order valence-corrected chi connectivity index (χ2v) is 8.69. The molecule has 1 fully saturated rings. The molecular formula is C23H27N3O3S. The molecule has 0 radical (unpaired) electrons. The van der Waals surface area contributed by atoms with Crippen LogP contribution in [0.3, 0.4) is 0 Å². The molecule has 158 valence electrons. The topological polar surface area (TPSA) is 64.6 Å². The number of fused-ring (bicyclic) bond motifs is 1. The zero-order valence-corrected chi connectivity index (χ0v) is 18.9. The normalized spacial score (nSPS) is 13.5. The van der Waals surface area contributed by atoms with Gasteiger partial charge in [-0.15, -0.1) is 11.3 Å². The summed E-state index contributed by atoms with van der Waals surface area (Å²) in [5, 5.41) is 1.02. The van der Waals surface area contributed by atoms with E-state index in [4.69, 9.17) is 19.4 Å². The fraction of sp³-hybridized carbons (Fsp3) is 0.435. The number of aryl methyl sites for hydroxylation is 2. The van der Waals surface area contributed by atoms with Crippen molar-refractivity contribution in [1.82, 2.24) is 14.9 Å². The predicted octanol–water partition coefficient (Wildman–Crippen LogP) is 4.87. The van der Waals surface area contributed by atoms with Crippen LogP contribution in [0.1, 0.15) is 58.0 Å². The Kier molecular flexibility index (Phi) is 5.64. The van der Waals surface area contributed by atoms with Gasteiger partial charge in [0, 0.05) is 24.4 Å². The first-order chi connectivity index (χ1) is 14.5. The lowest BCUT2D eigenvalue weighted by Crippen LogP contribution is -2.30. The van der Waals surface area contributed by atoms with Crippen LogP contribution in [0.4, 0.5) is 0 Å².